The lowest BCUT2D eigenvalue weighted by Gasteiger charge is -2.34. The van der Waals surface area contributed by atoms with Crippen LogP contribution in [-0.2, 0) is 0 Å². The van der Waals surface area contributed by atoms with Crippen LogP contribution in [0.1, 0.15) is 27.7 Å². The highest BCUT2D eigenvalue weighted by molar-refractivity contribution is 5.03. The molecule has 0 radical (unpaired) electrons. The second-order valence-electron chi connectivity index (χ2n) is 6.60. The van der Waals surface area contributed by atoms with Crippen LogP contribution in [0.15, 0.2) is 0 Å². The average molecular weight is 196 g/mol. The molecule has 0 bridgehead atoms. The maximum Gasteiger partial charge on any atom is 0.0125 e. The highest BCUT2D eigenvalue weighted by atomic mass is 15.3. The summed E-state index contributed by atoms with van der Waals surface area (Å²) in [7, 11) is 2.25. The molecule has 2 heteroatoms. The molecule has 14 heavy (non-hydrogen) atoms. The first-order chi connectivity index (χ1) is 6.31. The summed E-state index contributed by atoms with van der Waals surface area (Å²) < 4.78 is 0. The largest absolute Gasteiger partial charge is 0.305 e. The van der Waals surface area contributed by atoms with Gasteiger partial charge in [0.25, 0.3) is 0 Å². The summed E-state index contributed by atoms with van der Waals surface area (Å²) in [5.41, 5.74) is 0.911. The minimum Gasteiger partial charge on any atom is -0.305 e. The molecule has 0 aromatic carbocycles. The number of likely N-dealkylation sites (tertiary alicyclic amines) is 2. The third-order valence-corrected chi connectivity index (χ3v) is 4.09. The highest BCUT2D eigenvalue weighted by Gasteiger charge is 2.49. The molecule has 0 aromatic rings. The first-order valence-corrected chi connectivity index (χ1v) is 5.75. The predicted octanol–water partition coefficient (Wildman–Crippen LogP) is 1.67. The van der Waals surface area contributed by atoms with Crippen molar-refractivity contribution in [1.82, 2.24) is 9.80 Å². The third-order valence-electron chi connectivity index (χ3n) is 4.09. The molecule has 0 N–H and O–H groups in total. The molecule has 0 amide bonds. The van der Waals surface area contributed by atoms with E-state index < -0.39 is 0 Å². The second kappa shape index (κ2) is 2.96. The van der Waals surface area contributed by atoms with Crippen molar-refractivity contribution >= 4 is 0 Å². The van der Waals surface area contributed by atoms with Crippen molar-refractivity contribution in [2.75, 3.05) is 33.2 Å². The fraction of sp³-hybridized carbons (Fsp3) is 1.00. The van der Waals surface area contributed by atoms with Crippen molar-refractivity contribution in [3.8, 4) is 0 Å². The maximum absolute atomic E-state index is 2.66. The number of rotatable bonds is 0. The summed E-state index contributed by atoms with van der Waals surface area (Å²) in [6.07, 6.45) is 0. The standard InChI is InChI=1S/C12H24N2/c1-11(2,3)14-7-10-6-13(5)8-12(10,4)9-14/h10H,6-9H2,1-5H3/t10-,12+/m0/s1. The summed E-state index contributed by atoms with van der Waals surface area (Å²) >= 11 is 0. The Morgan fingerprint density at radius 2 is 1.79 bits per heavy atom. The molecule has 2 saturated heterocycles. The van der Waals surface area contributed by atoms with E-state index in [-0.39, 0.29) is 0 Å². The van der Waals surface area contributed by atoms with E-state index in [0.717, 1.165) is 5.92 Å². The van der Waals surface area contributed by atoms with Crippen molar-refractivity contribution in [2.24, 2.45) is 11.3 Å². The summed E-state index contributed by atoms with van der Waals surface area (Å²) in [6.45, 7) is 14.6. The molecular weight excluding hydrogens is 172 g/mol. The zero-order chi connectivity index (χ0) is 10.6. The van der Waals surface area contributed by atoms with E-state index in [1.165, 1.54) is 26.2 Å². The van der Waals surface area contributed by atoms with Gasteiger partial charge in [0.1, 0.15) is 0 Å². The van der Waals surface area contributed by atoms with Crippen LogP contribution < -0.4 is 0 Å². The Morgan fingerprint density at radius 3 is 2.29 bits per heavy atom. The van der Waals surface area contributed by atoms with Gasteiger partial charge in [0, 0.05) is 31.7 Å². The van der Waals surface area contributed by atoms with Crippen molar-refractivity contribution in [3.63, 3.8) is 0 Å². The molecule has 0 unspecified atom stereocenters. The van der Waals surface area contributed by atoms with Gasteiger partial charge in [-0.1, -0.05) is 6.92 Å². The molecule has 82 valence electrons. The first kappa shape index (κ1) is 10.4. The Balaban J connectivity index is 2.10. The van der Waals surface area contributed by atoms with Crippen LogP contribution in [-0.4, -0.2) is 48.6 Å². The zero-order valence-corrected chi connectivity index (χ0v) is 10.3. The molecule has 0 aromatic heterocycles. The van der Waals surface area contributed by atoms with Crippen molar-refractivity contribution in [3.05, 3.63) is 0 Å². The summed E-state index contributed by atoms with van der Waals surface area (Å²) in [5.74, 6) is 0.895. The van der Waals surface area contributed by atoms with E-state index in [4.69, 9.17) is 0 Å². The van der Waals surface area contributed by atoms with E-state index >= 15 is 0 Å². The van der Waals surface area contributed by atoms with Crippen LogP contribution in [0, 0.1) is 11.3 Å². The number of nitrogens with zero attached hydrogens (tertiary/aromatic N) is 2. The SMILES string of the molecule is CN1C[C@H]2CN(C(C)(C)C)C[C@@]2(C)C1. The summed E-state index contributed by atoms with van der Waals surface area (Å²) in [4.78, 5) is 5.15. The zero-order valence-electron chi connectivity index (χ0n) is 10.3. The van der Waals surface area contributed by atoms with Gasteiger partial charge in [-0.2, -0.15) is 0 Å². The average Bonchev–Trinajstić information content (AvgIpc) is 2.36. The van der Waals surface area contributed by atoms with Crippen molar-refractivity contribution in [1.29, 1.82) is 0 Å². The Bertz CT molecular complexity index is 231. The Morgan fingerprint density at radius 1 is 1.14 bits per heavy atom. The molecular formula is C12H24N2. The van der Waals surface area contributed by atoms with Gasteiger partial charge < -0.3 is 4.90 Å². The molecule has 2 nitrogen and oxygen atoms in total. The number of hydrogen-bond donors (Lipinski definition) is 0. The minimum atomic E-state index is 0.353. The lowest BCUT2D eigenvalue weighted by Crippen LogP contribution is -2.42. The van der Waals surface area contributed by atoms with Crippen LogP contribution >= 0.6 is 0 Å². The van der Waals surface area contributed by atoms with E-state index in [1.54, 1.807) is 0 Å². The molecule has 0 spiro atoms. The van der Waals surface area contributed by atoms with Gasteiger partial charge in [-0.3, -0.25) is 4.90 Å². The van der Waals surface area contributed by atoms with Gasteiger partial charge in [-0.05, 0) is 39.2 Å². The van der Waals surface area contributed by atoms with Gasteiger partial charge in [-0.15, -0.1) is 0 Å². The molecule has 0 aliphatic carbocycles. The Kier molecular flexibility index (Phi) is 2.20. The predicted molar refractivity (Wildman–Crippen MR) is 60.4 cm³/mol. The first-order valence-electron chi connectivity index (χ1n) is 5.75. The van der Waals surface area contributed by atoms with E-state index in [9.17, 15) is 0 Å². The Labute approximate surface area is 88.3 Å². The van der Waals surface area contributed by atoms with Gasteiger partial charge >= 0.3 is 0 Å². The molecule has 2 aliphatic heterocycles. The quantitative estimate of drug-likeness (QED) is 0.581. The van der Waals surface area contributed by atoms with Crippen molar-refractivity contribution in [2.45, 2.75) is 33.2 Å². The summed E-state index contributed by atoms with van der Waals surface area (Å²) in [6, 6.07) is 0. The van der Waals surface area contributed by atoms with Crippen LogP contribution in [0.5, 0.6) is 0 Å². The minimum absolute atomic E-state index is 0.353. The monoisotopic (exact) mass is 196 g/mol. The number of hydrogen-bond acceptors (Lipinski definition) is 2. The molecule has 2 heterocycles. The van der Waals surface area contributed by atoms with Gasteiger partial charge in [0.15, 0.2) is 0 Å². The third kappa shape index (κ3) is 1.59. The maximum atomic E-state index is 2.66. The summed E-state index contributed by atoms with van der Waals surface area (Å²) in [5, 5.41) is 0. The smallest absolute Gasteiger partial charge is 0.0125 e. The van der Waals surface area contributed by atoms with Crippen LogP contribution in [0.4, 0.5) is 0 Å². The fourth-order valence-corrected chi connectivity index (χ4v) is 3.14. The lowest BCUT2D eigenvalue weighted by molar-refractivity contribution is 0.141. The molecule has 2 rings (SSSR count). The molecule has 0 saturated carbocycles. The van der Waals surface area contributed by atoms with Crippen LogP contribution in [0.3, 0.4) is 0 Å². The molecule has 2 fully saturated rings. The van der Waals surface area contributed by atoms with Crippen molar-refractivity contribution < 1.29 is 0 Å². The van der Waals surface area contributed by atoms with E-state index in [0.29, 0.717) is 11.0 Å². The molecule has 2 aliphatic rings. The van der Waals surface area contributed by atoms with Gasteiger partial charge in [-0.25, -0.2) is 0 Å². The normalized spacial score (nSPS) is 40.5. The Hall–Kier alpha value is -0.0800. The van der Waals surface area contributed by atoms with E-state index in [2.05, 4.69) is 44.5 Å². The van der Waals surface area contributed by atoms with Gasteiger partial charge in [0.2, 0.25) is 0 Å². The fourth-order valence-electron chi connectivity index (χ4n) is 3.14. The topological polar surface area (TPSA) is 6.48 Å². The van der Waals surface area contributed by atoms with Gasteiger partial charge in [0.05, 0.1) is 0 Å². The molecule has 2 atom stereocenters. The second-order valence-corrected chi connectivity index (χ2v) is 6.60. The highest BCUT2D eigenvalue weighted by Crippen LogP contribution is 2.43. The van der Waals surface area contributed by atoms with Crippen LogP contribution in [0.2, 0.25) is 0 Å². The van der Waals surface area contributed by atoms with E-state index in [1.807, 2.05) is 0 Å². The van der Waals surface area contributed by atoms with Crippen LogP contribution in [0.25, 0.3) is 0 Å². The number of fused-ring (bicyclic) bond motifs is 1. The lowest BCUT2D eigenvalue weighted by atomic mass is 9.83.